The molecule has 0 fully saturated rings. The second-order valence-corrected chi connectivity index (χ2v) is 3.67. The van der Waals surface area contributed by atoms with E-state index in [4.69, 9.17) is 11.1 Å². The third-order valence-corrected chi connectivity index (χ3v) is 2.34. The number of anilines is 1. The van der Waals surface area contributed by atoms with Crippen LogP contribution in [0, 0.1) is 5.41 Å². The highest BCUT2D eigenvalue weighted by Crippen LogP contribution is 2.16. The van der Waals surface area contributed by atoms with Gasteiger partial charge in [0.1, 0.15) is 5.84 Å². The summed E-state index contributed by atoms with van der Waals surface area (Å²) in [5.74, 6) is 0.115. The lowest BCUT2D eigenvalue weighted by Gasteiger charge is -2.24. The van der Waals surface area contributed by atoms with Crippen LogP contribution in [0.1, 0.15) is 19.4 Å². The van der Waals surface area contributed by atoms with E-state index in [0.717, 1.165) is 11.3 Å². The zero-order chi connectivity index (χ0) is 10.7. The summed E-state index contributed by atoms with van der Waals surface area (Å²) in [6.07, 6.45) is 0. The predicted molar refractivity (Wildman–Crippen MR) is 61.0 cm³/mol. The SMILES string of the molecule is CC(C)N(C)c1cccc(C(=N)N)c1. The van der Waals surface area contributed by atoms with E-state index >= 15 is 0 Å². The summed E-state index contributed by atoms with van der Waals surface area (Å²) in [4.78, 5) is 2.15. The van der Waals surface area contributed by atoms with Gasteiger partial charge in [-0.1, -0.05) is 12.1 Å². The Bertz CT molecular complexity index is 331. The van der Waals surface area contributed by atoms with Gasteiger partial charge < -0.3 is 10.6 Å². The summed E-state index contributed by atoms with van der Waals surface area (Å²) in [6, 6.07) is 8.16. The summed E-state index contributed by atoms with van der Waals surface area (Å²) in [5, 5.41) is 7.34. The standard InChI is InChI=1S/C11H17N3/c1-8(2)14(3)10-6-4-5-9(7-10)11(12)13/h4-8H,1-3H3,(H3,12,13). The van der Waals surface area contributed by atoms with Crippen LogP contribution in [0.15, 0.2) is 24.3 Å². The molecule has 0 spiro atoms. The Balaban J connectivity index is 2.99. The maximum absolute atomic E-state index is 7.34. The molecule has 0 heterocycles. The van der Waals surface area contributed by atoms with Crippen LogP contribution in [-0.4, -0.2) is 18.9 Å². The molecule has 0 saturated carbocycles. The highest BCUT2D eigenvalue weighted by molar-refractivity contribution is 5.95. The summed E-state index contributed by atoms with van der Waals surface area (Å²) >= 11 is 0. The van der Waals surface area contributed by atoms with Crippen LogP contribution < -0.4 is 10.6 Å². The van der Waals surface area contributed by atoms with Crippen LogP contribution in [0.25, 0.3) is 0 Å². The third kappa shape index (κ3) is 2.25. The van der Waals surface area contributed by atoms with Crippen LogP contribution in [0.4, 0.5) is 5.69 Å². The summed E-state index contributed by atoms with van der Waals surface area (Å²) in [6.45, 7) is 4.25. The van der Waals surface area contributed by atoms with Crippen molar-refractivity contribution in [3.05, 3.63) is 29.8 Å². The fourth-order valence-electron chi connectivity index (χ4n) is 1.19. The largest absolute Gasteiger partial charge is 0.384 e. The second kappa shape index (κ2) is 4.13. The molecule has 1 rings (SSSR count). The Morgan fingerprint density at radius 1 is 1.43 bits per heavy atom. The van der Waals surface area contributed by atoms with Gasteiger partial charge >= 0.3 is 0 Å². The molecule has 0 saturated heterocycles. The van der Waals surface area contributed by atoms with Gasteiger partial charge in [-0.25, -0.2) is 0 Å². The van der Waals surface area contributed by atoms with Crippen molar-refractivity contribution in [2.75, 3.05) is 11.9 Å². The predicted octanol–water partition coefficient (Wildman–Crippen LogP) is 1.82. The molecule has 0 aromatic heterocycles. The Labute approximate surface area is 85.0 Å². The molecule has 0 aliphatic heterocycles. The first-order valence-corrected chi connectivity index (χ1v) is 4.69. The van der Waals surface area contributed by atoms with Crippen LogP contribution in [0.5, 0.6) is 0 Å². The zero-order valence-corrected chi connectivity index (χ0v) is 8.91. The molecular weight excluding hydrogens is 174 g/mol. The van der Waals surface area contributed by atoms with Crippen molar-refractivity contribution < 1.29 is 0 Å². The van der Waals surface area contributed by atoms with Crippen molar-refractivity contribution >= 4 is 11.5 Å². The third-order valence-electron chi connectivity index (χ3n) is 2.34. The van der Waals surface area contributed by atoms with Gasteiger partial charge in [-0.15, -0.1) is 0 Å². The number of nitrogen functional groups attached to an aromatic ring is 1. The normalized spacial score (nSPS) is 10.3. The van der Waals surface area contributed by atoms with Gasteiger partial charge in [0.2, 0.25) is 0 Å². The topological polar surface area (TPSA) is 53.1 Å². The molecule has 3 N–H and O–H groups in total. The van der Waals surface area contributed by atoms with E-state index in [1.54, 1.807) is 0 Å². The lowest BCUT2D eigenvalue weighted by molar-refractivity contribution is 0.754. The molecule has 0 unspecified atom stereocenters. The number of nitrogens with one attached hydrogen (secondary N) is 1. The number of nitrogens with zero attached hydrogens (tertiary/aromatic N) is 1. The van der Waals surface area contributed by atoms with Gasteiger partial charge in [0.05, 0.1) is 0 Å². The van der Waals surface area contributed by atoms with E-state index in [2.05, 4.69) is 18.7 Å². The molecule has 3 heteroatoms. The molecular formula is C11H17N3. The van der Waals surface area contributed by atoms with Crippen molar-refractivity contribution in [3.8, 4) is 0 Å². The van der Waals surface area contributed by atoms with Gasteiger partial charge in [0.25, 0.3) is 0 Å². The minimum absolute atomic E-state index is 0.115. The monoisotopic (exact) mass is 191 g/mol. The quantitative estimate of drug-likeness (QED) is 0.565. The Hall–Kier alpha value is -1.51. The smallest absolute Gasteiger partial charge is 0.122 e. The summed E-state index contributed by atoms with van der Waals surface area (Å²) in [5.41, 5.74) is 7.29. The average Bonchev–Trinajstić information content (AvgIpc) is 2.16. The fraction of sp³-hybridized carbons (Fsp3) is 0.364. The minimum atomic E-state index is 0.115. The molecule has 1 aromatic carbocycles. The Morgan fingerprint density at radius 2 is 2.07 bits per heavy atom. The molecule has 0 aliphatic carbocycles. The minimum Gasteiger partial charge on any atom is -0.384 e. The van der Waals surface area contributed by atoms with Crippen molar-refractivity contribution in [3.63, 3.8) is 0 Å². The first-order chi connectivity index (χ1) is 6.52. The number of nitrogens with two attached hydrogens (primary N) is 1. The summed E-state index contributed by atoms with van der Waals surface area (Å²) in [7, 11) is 2.03. The van der Waals surface area contributed by atoms with E-state index in [9.17, 15) is 0 Å². The van der Waals surface area contributed by atoms with E-state index < -0.39 is 0 Å². The van der Waals surface area contributed by atoms with Crippen molar-refractivity contribution in [1.29, 1.82) is 5.41 Å². The molecule has 0 amide bonds. The number of rotatable bonds is 3. The van der Waals surface area contributed by atoms with Gasteiger partial charge in [0.15, 0.2) is 0 Å². The highest BCUT2D eigenvalue weighted by Gasteiger charge is 2.05. The van der Waals surface area contributed by atoms with Gasteiger partial charge in [-0.3, -0.25) is 5.41 Å². The van der Waals surface area contributed by atoms with Crippen LogP contribution in [-0.2, 0) is 0 Å². The molecule has 76 valence electrons. The molecule has 3 nitrogen and oxygen atoms in total. The van der Waals surface area contributed by atoms with Crippen LogP contribution in [0.2, 0.25) is 0 Å². The molecule has 1 aromatic rings. The van der Waals surface area contributed by atoms with E-state index in [-0.39, 0.29) is 5.84 Å². The molecule has 0 bridgehead atoms. The van der Waals surface area contributed by atoms with Crippen molar-refractivity contribution in [2.45, 2.75) is 19.9 Å². The van der Waals surface area contributed by atoms with Gasteiger partial charge in [0, 0.05) is 24.3 Å². The van der Waals surface area contributed by atoms with Crippen molar-refractivity contribution in [2.24, 2.45) is 5.73 Å². The van der Waals surface area contributed by atoms with E-state index in [0.29, 0.717) is 6.04 Å². The van der Waals surface area contributed by atoms with E-state index in [1.165, 1.54) is 0 Å². The fourth-order valence-corrected chi connectivity index (χ4v) is 1.19. The first-order valence-electron chi connectivity index (χ1n) is 4.69. The lowest BCUT2D eigenvalue weighted by atomic mass is 10.1. The highest BCUT2D eigenvalue weighted by atomic mass is 15.1. The van der Waals surface area contributed by atoms with Crippen molar-refractivity contribution in [1.82, 2.24) is 0 Å². The van der Waals surface area contributed by atoms with E-state index in [1.807, 2.05) is 31.3 Å². The molecule has 0 aliphatic rings. The Kier molecular flexibility index (Phi) is 3.12. The second-order valence-electron chi connectivity index (χ2n) is 3.67. The summed E-state index contributed by atoms with van der Waals surface area (Å²) < 4.78 is 0. The lowest BCUT2D eigenvalue weighted by Crippen LogP contribution is -2.26. The number of benzene rings is 1. The number of hydrogen-bond donors (Lipinski definition) is 2. The van der Waals surface area contributed by atoms with Gasteiger partial charge in [-0.05, 0) is 26.0 Å². The number of amidine groups is 1. The maximum atomic E-state index is 7.34. The van der Waals surface area contributed by atoms with Crippen LogP contribution >= 0.6 is 0 Å². The molecule has 0 radical (unpaired) electrons. The zero-order valence-electron chi connectivity index (χ0n) is 8.91. The molecule has 14 heavy (non-hydrogen) atoms. The number of hydrogen-bond acceptors (Lipinski definition) is 2. The first kappa shape index (κ1) is 10.6. The average molecular weight is 191 g/mol. The molecule has 0 atom stereocenters. The van der Waals surface area contributed by atoms with Gasteiger partial charge in [-0.2, -0.15) is 0 Å². The Morgan fingerprint density at radius 3 is 2.57 bits per heavy atom. The van der Waals surface area contributed by atoms with Crippen LogP contribution in [0.3, 0.4) is 0 Å². The maximum Gasteiger partial charge on any atom is 0.122 e.